The van der Waals surface area contributed by atoms with Crippen molar-refractivity contribution in [3.05, 3.63) is 57.9 Å². The van der Waals surface area contributed by atoms with E-state index < -0.39 is 23.7 Å². The molecule has 9 heteroatoms. The van der Waals surface area contributed by atoms with Crippen LogP contribution in [0.2, 0.25) is 0 Å². The molecule has 194 valence electrons. The Bertz CT molecular complexity index is 1180. The van der Waals surface area contributed by atoms with Gasteiger partial charge in [0, 0.05) is 17.8 Å². The van der Waals surface area contributed by atoms with E-state index in [0.717, 1.165) is 19.6 Å². The van der Waals surface area contributed by atoms with Crippen LogP contribution in [0.5, 0.6) is 5.75 Å². The van der Waals surface area contributed by atoms with Crippen LogP contribution in [0.1, 0.15) is 59.2 Å². The van der Waals surface area contributed by atoms with Crippen molar-refractivity contribution in [1.29, 1.82) is 0 Å². The molecule has 0 saturated carbocycles. The molecule has 0 spiro atoms. The van der Waals surface area contributed by atoms with Gasteiger partial charge in [0.25, 0.3) is 11.7 Å². The fourth-order valence-corrected chi connectivity index (χ4v) is 4.82. The van der Waals surface area contributed by atoms with E-state index in [1.54, 1.807) is 45.2 Å². The number of aliphatic hydroxyl groups is 1. The van der Waals surface area contributed by atoms with Gasteiger partial charge < -0.3 is 29.4 Å². The molecule has 0 bridgehead atoms. The van der Waals surface area contributed by atoms with Crippen LogP contribution in [0.3, 0.4) is 0 Å². The Morgan fingerprint density at radius 3 is 2.47 bits per heavy atom. The Kier molecular flexibility index (Phi) is 8.57. The fourth-order valence-electron chi connectivity index (χ4n) is 4.82. The van der Waals surface area contributed by atoms with E-state index in [1.807, 2.05) is 0 Å². The summed E-state index contributed by atoms with van der Waals surface area (Å²) in [6.45, 7) is 10.4. The molecule has 1 aromatic heterocycles. The molecular weight excluding hydrogens is 462 g/mol. The predicted molar refractivity (Wildman–Crippen MR) is 136 cm³/mol. The standard InChI is InChI=1S/C27H35N3O6/c1-7-29(8-2)13-10-14-30-23(18-11-9-12-19(15-18)35-5)21(25(32)26(30)33)24(31)20-16(3)22(27(34)36-6)28-17(20)4/h9,11-12,15,23,28,31H,7-8,10,13-14H2,1-6H3/b24-21+. The number of methoxy groups -OCH3 is 2. The van der Waals surface area contributed by atoms with Gasteiger partial charge >= 0.3 is 5.97 Å². The topological polar surface area (TPSA) is 112 Å². The maximum absolute atomic E-state index is 13.3. The largest absolute Gasteiger partial charge is 0.507 e. The molecule has 2 aromatic rings. The molecule has 1 aromatic carbocycles. The van der Waals surface area contributed by atoms with Gasteiger partial charge in [-0.1, -0.05) is 26.0 Å². The van der Waals surface area contributed by atoms with E-state index in [-0.39, 0.29) is 17.0 Å². The number of aromatic amines is 1. The van der Waals surface area contributed by atoms with Crippen LogP contribution in [-0.2, 0) is 14.3 Å². The quantitative estimate of drug-likeness (QED) is 0.223. The van der Waals surface area contributed by atoms with Gasteiger partial charge in [0.15, 0.2) is 0 Å². The highest BCUT2D eigenvalue weighted by molar-refractivity contribution is 6.46. The highest BCUT2D eigenvalue weighted by Crippen LogP contribution is 2.41. The number of hydrogen-bond acceptors (Lipinski definition) is 7. The molecule has 1 aliphatic rings. The lowest BCUT2D eigenvalue weighted by atomic mass is 9.94. The lowest BCUT2D eigenvalue weighted by Gasteiger charge is -2.27. The first-order valence-corrected chi connectivity index (χ1v) is 12.1. The van der Waals surface area contributed by atoms with Crippen molar-refractivity contribution in [3.8, 4) is 5.75 Å². The number of aryl methyl sites for hydroxylation is 1. The number of H-pyrrole nitrogens is 1. The van der Waals surface area contributed by atoms with Crippen LogP contribution in [0.4, 0.5) is 0 Å². The summed E-state index contributed by atoms with van der Waals surface area (Å²) in [6, 6.07) is 6.33. The molecule has 1 saturated heterocycles. The number of aliphatic hydroxyl groups excluding tert-OH is 1. The number of nitrogens with one attached hydrogen (secondary N) is 1. The molecule has 3 rings (SSSR count). The average Bonchev–Trinajstić information content (AvgIpc) is 3.32. The summed E-state index contributed by atoms with van der Waals surface area (Å²) >= 11 is 0. The molecule has 1 unspecified atom stereocenters. The van der Waals surface area contributed by atoms with Crippen molar-refractivity contribution in [2.24, 2.45) is 0 Å². The van der Waals surface area contributed by atoms with Gasteiger partial charge in [0.1, 0.15) is 17.2 Å². The number of likely N-dealkylation sites (tertiary alicyclic amines) is 1. The Morgan fingerprint density at radius 1 is 1.17 bits per heavy atom. The Hall–Kier alpha value is -3.59. The zero-order chi connectivity index (χ0) is 26.6. The normalized spacial score (nSPS) is 17.2. The summed E-state index contributed by atoms with van der Waals surface area (Å²) in [6.07, 6.45) is 0.671. The monoisotopic (exact) mass is 497 g/mol. The van der Waals surface area contributed by atoms with Crippen molar-refractivity contribution in [3.63, 3.8) is 0 Å². The highest BCUT2D eigenvalue weighted by atomic mass is 16.5. The molecule has 0 aliphatic carbocycles. The van der Waals surface area contributed by atoms with Crippen molar-refractivity contribution in [2.75, 3.05) is 40.4 Å². The summed E-state index contributed by atoms with van der Waals surface area (Å²) in [5.74, 6) is -1.77. The minimum atomic E-state index is -0.799. The van der Waals surface area contributed by atoms with E-state index in [4.69, 9.17) is 9.47 Å². The van der Waals surface area contributed by atoms with Crippen LogP contribution in [0.15, 0.2) is 29.8 Å². The number of esters is 1. The van der Waals surface area contributed by atoms with Crippen LogP contribution in [0.25, 0.3) is 5.76 Å². The first-order valence-electron chi connectivity index (χ1n) is 12.1. The molecule has 0 radical (unpaired) electrons. The highest BCUT2D eigenvalue weighted by Gasteiger charge is 2.46. The number of carbonyl (C=O) groups excluding carboxylic acids is 3. The number of ketones is 1. The second kappa shape index (κ2) is 11.4. The van der Waals surface area contributed by atoms with E-state index in [9.17, 15) is 19.5 Å². The van der Waals surface area contributed by atoms with Crippen molar-refractivity contribution < 1.29 is 29.0 Å². The summed E-state index contributed by atoms with van der Waals surface area (Å²) in [5.41, 5.74) is 2.05. The summed E-state index contributed by atoms with van der Waals surface area (Å²) < 4.78 is 10.2. The molecule has 36 heavy (non-hydrogen) atoms. The first-order chi connectivity index (χ1) is 17.2. The lowest BCUT2D eigenvalue weighted by molar-refractivity contribution is -0.140. The van der Waals surface area contributed by atoms with E-state index >= 15 is 0 Å². The van der Waals surface area contributed by atoms with Crippen LogP contribution in [-0.4, -0.2) is 77.9 Å². The van der Waals surface area contributed by atoms with Gasteiger partial charge in [0.05, 0.1) is 25.8 Å². The molecule has 1 amide bonds. The van der Waals surface area contributed by atoms with Gasteiger partial charge in [0.2, 0.25) is 0 Å². The molecule has 2 N–H and O–H groups in total. The minimum absolute atomic E-state index is 0.0160. The number of amides is 1. The van der Waals surface area contributed by atoms with E-state index in [2.05, 4.69) is 23.7 Å². The molecule has 2 heterocycles. The predicted octanol–water partition coefficient (Wildman–Crippen LogP) is 3.58. The number of carbonyl (C=O) groups is 3. The van der Waals surface area contributed by atoms with Crippen molar-refractivity contribution in [2.45, 2.75) is 40.2 Å². The number of nitrogens with zero attached hydrogens (tertiary/aromatic N) is 2. The second-order valence-corrected chi connectivity index (χ2v) is 8.77. The Morgan fingerprint density at radius 2 is 1.86 bits per heavy atom. The van der Waals surface area contributed by atoms with Gasteiger partial charge in [-0.3, -0.25) is 9.59 Å². The maximum Gasteiger partial charge on any atom is 0.354 e. The van der Waals surface area contributed by atoms with E-state index in [1.165, 1.54) is 12.0 Å². The third kappa shape index (κ3) is 5.02. The van der Waals surface area contributed by atoms with Crippen LogP contribution < -0.4 is 4.74 Å². The summed E-state index contributed by atoms with van der Waals surface area (Å²) in [5, 5.41) is 11.5. The van der Waals surface area contributed by atoms with E-state index in [0.29, 0.717) is 41.1 Å². The molecule has 1 atom stereocenters. The third-order valence-electron chi connectivity index (χ3n) is 6.78. The third-order valence-corrected chi connectivity index (χ3v) is 6.78. The zero-order valence-corrected chi connectivity index (χ0v) is 21.8. The van der Waals surface area contributed by atoms with Crippen molar-refractivity contribution in [1.82, 2.24) is 14.8 Å². The van der Waals surface area contributed by atoms with Crippen LogP contribution in [0, 0.1) is 13.8 Å². The van der Waals surface area contributed by atoms with Gasteiger partial charge in [-0.2, -0.15) is 0 Å². The van der Waals surface area contributed by atoms with Crippen LogP contribution >= 0.6 is 0 Å². The number of aromatic nitrogens is 1. The summed E-state index contributed by atoms with van der Waals surface area (Å²) in [4.78, 5) is 45.5. The van der Waals surface area contributed by atoms with Gasteiger partial charge in [-0.05, 0) is 63.2 Å². The molecule has 1 aliphatic heterocycles. The smallest absolute Gasteiger partial charge is 0.354 e. The Balaban J connectivity index is 2.14. The SMILES string of the molecule is CCN(CC)CCCN1C(=O)C(=O)/C(=C(/O)c2c(C)[nH]c(C(=O)OC)c2C)C1c1cccc(OC)c1. The molecular formula is C27H35N3O6. The maximum atomic E-state index is 13.3. The summed E-state index contributed by atoms with van der Waals surface area (Å²) in [7, 11) is 2.81. The number of hydrogen-bond donors (Lipinski definition) is 2. The van der Waals surface area contributed by atoms with Gasteiger partial charge in [-0.25, -0.2) is 4.79 Å². The molecule has 9 nitrogen and oxygen atoms in total. The fraction of sp³-hybridized carbons (Fsp3) is 0.444. The second-order valence-electron chi connectivity index (χ2n) is 8.77. The number of rotatable bonds is 10. The molecule has 1 fully saturated rings. The zero-order valence-electron chi connectivity index (χ0n) is 21.8. The first kappa shape index (κ1) is 27.0. The number of Topliss-reactive ketones (excluding diaryl/α,β-unsaturated/α-hetero) is 1. The number of ether oxygens (including phenoxy) is 2. The Labute approximate surface area is 211 Å². The minimum Gasteiger partial charge on any atom is -0.507 e. The lowest BCUT2D eigenvalue weighted by Crippen LogP contribution is -2.33. The average molecular weight is 498 g/mol. The number of benzene rings is 1. The van der Waals surface area contributed by atoms with Crippen molar-refractivity contribution >= 4 is 23.4 Å². The van der Waals surface area contributed by atoms with Gasteiger partial charge in [-0.15, -0.1) is 0 Å².